The van der Waals surface area contributed by atoms with E-state index in [-0.39, 0.29) is 11.5 Å². The zero-order chi connectivity index (χ0) is 21.0. The van der Waals surface area contributed by atoms with E-state index in [1.807, 2.05) is 24.6 Å². The smallest absolute Gasteiger partial charge is 0.192 e. The highest BCUT2D eigenvalue weighted by atomic mass is 15.3. The van der Waals surface area contributed by atoms with Crippen LogP contribution < -0.4 is 10.6 Å². The highest BCUT2D eigenvalue weighted by molar-refractivity contribution is 5.80. The van der Waals surface area contributed by atoms with Gasteiger partial charge in [0.25, 0.3) is 0 Å². The molecule has 3 aromatic rings. The van der Waals surface area contributed by atoms with Crippen LogP contribution in [0.15, 0.2) is 65.7 Å². The molecule has 0 amide bonds. The van der Waals surface area contributed by atoms with Crippen LogP contribution in [0.2, 0.25) is 0 Å². The molecule has 1 unspecified atom stereocenters. The normalized spacial score (nSPS) is 16.2. The molecule has 1 fully saturated rings. The maximum atomic E-state index is 4.83. The van der Waals surface area contributed by atoms with Crippen molar-refractivity contribution >= 4 is 5.96 Å². The third-order valence-electron chi connectivity index (χ3n) is 6.05. The summed E-state index contributed by atoms with van der Waals surface area (Å²) in [6.45, 7) is 5.45. The molecule has 156 valence electrons. The molecule has 0 aliphatic heterocycles. The number of aromatic nitrogens is 3. The Bertz CT molecular complexity index is 989. The number of aryl methyl sites for hydroxylation is 1. The first-order valence-electron chi connectivity index (χ1n) is 10.6. The quantitative estimate of drug-likeness (QED) is 0.468. The van der Waals surface area contributed by atoms with E-state index in [1.54, 1.807) is 0 Å². The van der Waals surface area contributed by atoms with Crippen LogP contribution in [0.5, 0.6) is 0 Å². The summed E-state index contributed by atoms with van der Waals surface area (Å²) in [6.07, 6.45) is 2.40. The molecule has 1 heterocycles. The topological polar surface area (TPSA) is 67.1 Å². The summed E-state index contributed by atoms with van der Waals surface area (Å²) < 4.78 is 1.98. The van der Waals surface area contributed by atoms with Gasteiger partial charge in [-0.15, -0.1) is 10.2 Å². The van der Waals surface area contributed by atoms with Gasteiger partial charge in [0.1, 0.15) is 12.4 Å². The molecule has 1 aliphatic rings. The number of nitrogens with zero attached hydrogens (tertiary/aromatic N) is 4. The van der Waals surface area contributed by atoms with Crippen molar-refractivity contribution in [1.29, 1.82) is 0 Å². The summed E-state index contributed by atoms with van der Waals surface area (Å²) in [7, 11) is 1.97. The largest absolute Gasteiger partial charge is 0.355 e. The molecule has 1 aliphatic carbocycles. The fourth-order valence-electron chi connectivity index (χ4n) is 3.68. The van der Waals surface area contributed by atoms with Crippen molar-refractivity contribution in [2.75, 3.05) is 6.54 Å². The first-order chi connectivity index (χ1) is 14.6. The highest BCUT2D eigenvalue weighted by Crippen LogP contribution is 2.47. The molecule has 4 rings (SSSR count). The third kappa shape index (κ3) is 4.53. The van der Waals surface area contributed by atoms with Crippen molar-refractivity contribution in [2.24, 2.45) is 12.0 Å². The van der Waals surface area contributed by atoms with Crippen LogP contribution in [0.3, 0.4) is 0 Å². The molecule has 0 spiro atoms. The first-order valence-corrected chi connectivity index (χ1v) is 10.6. The minimum atomic E-state index is 0.144. The number of rotatable bonds is 7. The SMILES string of the molecule is Cc1nnc(CN=C(NCC2(c3ccccc3)CC2)NC(C)c2ccccc2)n1C. The van der Waals surface area contributed by atoms with Gasteiger partial charge in [-0.05, 0) is 37.8 Å². The minimum absolute atomic E-state index is 0.144. The zero-order valence-corrected chi connectivity index (χ0v) is 18.0. The molecule has 0 saturated heterocycles. The molecule has 1 atom stereocenters. The van der Waals surface area contributed by atoms with Gasteiger partial charge in [-0.25, -0.2) is 4.99 Å². The van der Waals surface area contributed by atoms with E-state index in [4.69, 9.17) is 4.99 Å². The Hall–Kier alpha value is -3.15. The van der Waals surface area contributed by atoms with Gasteiger partial charge in [0, 0.05) is 19.0 Å². The summed E-state index contributed by atoms with van der Waals surface area (Å²) in [5.74, 6) is 2.54. The van der Waals surface area contributed by atoms with Crippen LogP contribution in [-0.2, 0) is 19.0 Å². The average molecular weight is 403 g/mol. The maximum absolute atomic E-state index is 4.83. The van der Waals surface area contributed by atoms with E-state index in [9.17, 15) is 0 Å². The second kappa shape index (κ2) is 8.69. The standard InChI is InChI=1S/C24H30N6/c1-18(20-10-6-4-7-11-20)27-23(25-16-22-29-28-19(2)30(22)3)26-17-24(14-15-24)21-12-8-5-9-13-21/h4-13,18H,14-17H2,1-3H3,(H2,25,26,27). The van der Waals surface area contributed by atoms with Gasteiger partial charge in [-0.3, -0.25) is 0 Å². The number of hydrogen-bond acceptors (Lipinski definition) is 3. The lowest BCUT2D eigenvalue weighted by molar-refractivity contribution is 0.622. The van der Waals surface area contributed by atoms with E-state index < -0.39 is 0 Å². The van der Waals surface area contributed by atoms with Gasteiger partial charge in [-0.1, -0.05) is 60.7 Å². The van der Waals surface area contributed by atoms with Gasteiger partial charge in [0.15, 0.2) is 11.8 Å². The van der Waals surface area contributed by atoms with Crippen molar-refractivity contribution in [3.8, 4) is 0 Å². The Morgan fingerprint density at radius 2 is 1.73 bits per heavy atom. The predicted octanol–water partition coefficient (Wildman–Crippen LogP) is 3.65. The molecule has 6 heteroatoms. The van der Waals surface area contributed by atoms with Gasteiger partial charge < -0.3 is 15.2 Å². The number of aliphatic imine (C=N–C) groups is 1. The molecule has 1 saturated carbocycles. The first kappa shape index (κ1) is 20.1. The van der Waals surface area contributed by atoms with Crippen LogP contribution in [-0.4, -0.2) is 27.3 Å². The summed E-state index contributed by atoms with van der Waals surface area (Å²) in [5, 5.41) is 15.5. The van der Waals surface area contributed by atoms with E-state index in [0.29, 0.717) is 6.54 Å². The third-order valence-corrected chi connectivity index (χ3v) is 6.05. The molecular formula is C24H30N6. The minimum Gasteiger partial charge on any atom is -0.355 e. The Labute approximate surface area is 178 Å². The van der Waals surface area contributed by atoms with E-state index >= 15 is 0 Å². The van der Waals surface area contributed by atoms with Crippen molar-refractivity contribution < 1.29 is 0 Å². The number of nitrogens with one attached hydrogen (secondary N) is 2. The number of benzene rings is 2. The molecule has 0 bridgehead atoms. The zero-order valence-electron chi connectivity index (χ0n) is 18.0. The second-order valence-electron chi connectivity index (χ2n) is 8.16. The molecular weight excluding hydrogens is 372 g/mol. The number of hydrogen-bond donors (Lipinski definition) is 2. The fourth-order valence-corrected chi connectivity index (χ4v) is 3.68. The highest BCUT2D eigenvalue weighted by Gasteiger charge is 2.44. The Kier molecular flexibility index (Phi) is 5.84. The van der Waals surface area contributed by atoms with Crippen LogP contribution in [0.4, 0.5) is 0 Å². The van der Waals surface area contributed by atoms with E-state index in [0.717, 1.165) is 24.2 Å². The van der Waals surface area contributed by atoms with Gasteiger partial charge in [0.2, 0.25) is 0 Å². The van der Waals surface area contributed by atoms with Gasteiger partial charge >= 0.3 is 0 Å². The lowest BCUT2D eigenvalue weighted by atomic mass is 9.96. The molecule has 1 aromatic heterocycles. The monoisotopic (exact) mass is 402 g/mol. The van der Waals surface area contributed by atoms with Crippen LogP contribution >= 0.6 is 0 Å². The van der Waals surface area contributed by atoms with Crippen molar-refractivity contribution in [1.82, 2.24) is 25.4 Å². The van der Waals surface area contributed by atoms with E-state index in [2.05, 4.69) is 82.4 Å². The second-order valence-corrected chi connectivity index (χ2v) is 8.16. The summed E-state index contributed by atoms with van der Waals surface area (Å²) >= 11 is 0. The average Bonchev–Trinajstić information content (AvgIpc) is 3.52. The molecule has 0 radical (unpaired) electrons. The van der Waals surface area contributed by atoms with Crippen LogP contribution in [0, 0.1) is 6.92 Å². The molecule has 2 aromatic carbocycles. The summed E-state index contributed by atoms with van der Waals surface area (Å²) in [5.41, 5.74) is 2.84. The van der Waals surface area contributed by atoms with Crippen LogP contribution in [0.1, 0.15) is 48.6 Å². The molecule has 2 N–H and O–H groups in total. The summed E-state index contributed by atoms with van der Waals surface area (Å²) in [6, 6.07) is 21.4. The van der Waals surface area contributed by atoms with Gasteiger partial charge in [-0.2, -0.15) is 0 Å². The Morgan fingerprint density at radius 3 is 2.33 bits per heavy atom. The van der Waals surface area contributed by atoms with E-state index in [1.165, 1.54) is 24.0 Å². The lowest BCUT2D eigenvalue weighted by Crippen LogP contribution is -2.42. The van der Waals surface area contributed by atoms with Gasteiger partial charge in [0.05, 0.1) is 6.04 Å². The Morgan fingerprint density at radius 1 is 1.07 bits per heavy atom. The fraction of sp³-hybridized carbons (Fsp3) is 0.375. The van der Waals surface area contributed by atoms with Crippen molar-refractivity contribution in [3.63, 3.8) is 0 Å². The molecule has 6 nitrogen and oxygen atoms in total. The Balaban J connectivity index is 1.49. The lowest BCUT2D eigenvalue weighted by Gasteiger charge is -2.22. The van der Waals surface area contributed by atoms with Crippen molar-refractivity contribution in [2.45, 2.75) is 44.7 Å². The predicted molar refractivity (Wildman–Crippen MR) is 120 cm³/mol. The summed E-state index contributed by atoms with van der Waals surface area (Å²) in [4.78, 5) is 4.83. The maximum Gasteiger partial charge on any atom is 0.192 e. The van der Waals surface area contributed by atoms with Crippen molar-refractivity contribution in [3.05, 3.63) is 83.4 Å². The number of guanidine groups is 1. The van der Waals surface area contributed by atoms with Crippen LogP contribution in [0.25, 0.3) is 0 Å². The molecule has 30 heavy (non-hydrogen) atoms.